The number of amides is 2. The predicted octanol–water partition coefficient (Wildman–Crippen LogP) is 4.44. The summed E-state index contributed by atoms with van der Waals surface area (Å²) in [6, 6.07) is 13.8. The van der Waals surface area contributed by atoms with E-state index in [0.717, 1.165) is 23.2 Å². The van der Waals surface area contributed by atoms with Crippen LogP contribution in [0, 0.1) is 0 Å². The summed E-state index contributed by atoms with van der Waals surface area (Å²) in [5, 5.41) is 6.06. The Bertz CT molecular complexity index is 746. The van der Waals surface area contributed by atoms with Crippen LogP contribution in [0.4, 0.5) is 4.79 Å². The number of hydrogen-bond donors (Lipinski definition) is 1. The van der Waals surface area contributed by atoms with Gasteiger partial charge in [-0.3, -0.25) is 0 Å². The van der Waals surface area contributed by atoms with Gasteiger partial charge in [-0.1, -0.05) is 24.3 Å². The van der Waals surface area contributed by atoms with Gasteiger partial charge in [0.1, 0.15) is 11.3 Å². The minimum Gasteiger partial charge on any atom is -0.459 e. The summed E-state index contributed by atoms with van der Waals surface area (Å²) in [6.07, 6.45) is 0.857. The number of thiophene rings is 1. The lowest BCUT2D eigenvalue weighted by Gasteiger charge is -2.23. The van der Waals surface area contributed by atoms with Crippen LogP contribution < -0.4 is 5.32 Å². The van der Waals surface area contributed by atoms with Crippen LogP contribution in [0.2, 0.25) is 0 Å². The lowest BCUT2D eigenvalue weighted by Crippen LogP contribution is -2.39. The lowest BCUT2D eigenvalue weighted by atomic mass is 10.2. The fraction of sp³-hybridized carbons (Fsp3) is 0.278. The highest BCUT2D eigenvalue weighted by atomic mass is 32.1. The van der Waals surface area contributed by atoms with Crippen molar-refractivity contribution in [3.8, 4) is 0 Å². The third-order valence-electron chi connectivity index (χ3n) is 3.99. The maximum absolute atomic E-state index is 12.3. The van der Waals surface area contributed by atoms with Crippen LogP contribution in [0.3, 0.4) is 0 Å². The molecule has 120 valence electrons. The summed E-state index contributed by atoms with van der Waals surface area (Å²) < 4.78 is 5.84. The molecule has 0 bridgehead atoms. The molecular formula is C18H20N2O2S. The molecule has 0 unspecified atom stereocenters. The number of furan rings is 1. The molecule has 3 aromatic rings. The predicted molar refractivity (Wildman–Crippen MR) is 93.8 cm³/mol. The van der Waals surface area contributed by atoms with Crippen LogP contribution in [0.1, 0.15) is 23.6 Å². The van der Waals surface area contributed by atoms with Crippen LogP contribution in [0.15, 0.2) is 52.3 Å². The number of carbonyl (C=O) groups is 1. The quantitative estimate of drug-likeness (QED) is 0.752. The number of nitrogens with zero attached hydrogens (tertiary/aromatic N) is 1. The van der Waals surface area contributed by atoms with E-state index in [2.05, 4.69) is 11.4 Å². The van der Waals surface area contributed by atoms with Crippen molar-refractivity contribution in [1.82, 2.24) is 10.2 Å². The maximum Gasteiger partial charge on any atom is 0.317 e. The summed E-state index contributed by atoms with van der Waals surface area (Å²) in [7, 11) is 1.79. The summed E-state index contributed by atoms with van der Waals surface area (Å²) in [6.45, 7) is 2.60. The molecule has 5 heteroatoms. The molecule has 2 aromatic heterocycles. The first kappa shape index (κ1) is 15.6. The molecule has 0 aliphatic rings. The van der Waals surface area contributed by atoms with E-state index in [9.17, 15) is 4.79 Å². The summed E-state index contributed by atoms with van der Waals surface area (Å²) in [5.74, 6) is 0.794. The zero-order valence-electron chi connectivity index (χ0n) is 13.3. The van der Waals surface area contributed by atoms with Gasteiger partial charge in [0.2, 0.25) is 0 Å². The molecule has 0 aliphatic heterocycles. The van der Waals surface area contributed by atoms with E-state index in [1.807, 2.05) is 48.7 Å². The van der Waals surface area contributed by atoms with Gasteiger partial charge in [-0.15, -0.1) is 11.3 Å². The number of nitrogens with one attached hydrogen (secondary N) is 1. The number of para-hydroxylation sites is 1. The van der Waals surface area contributed by atoms with Gasteiger partial charge in [-0.25, -0.2) is 4.79 Å². The molecule has 0 saturated carbocycles. The molecule has 0 radical (unpaired) electrons. The zero-order chi connectivity index (χ0) is 16.2. The highest BCUT2D eigenvalue weighted by Crippen LogP contribution is 2.26. The van der Waals surface area contributed by atoms with Crippen molar-refractivity contribution in [2.45, 2.75) is 19.4 Å². The molecule has 1 aromatic carbocycles. The van der Waals surface area contributed by atoms with Gasteiger partial charge in [-0.05, 0) is 36.9 Å². The van der Waals surface area contributed by atoms with E-state index in [0.29, 0.717) is 6.54 Å². The highest BCUT2D eigenvalue weighted by molar-refractivity contribution is 7.09. The second kappa shape index (κ2) is 6.87. The van der Waals surface area contributed by atoms with Crippen molar-refractivity contribution in [2.24, 2.45) is 0 Å². The first-order chi connectivity index (χ1) is 11.1. The Balaban J connectivity index is 1.59. The van der Waals surface area contributed by atoms with Crippen molar-refractivity contribution in [2.75, 3.05) is 13.6 Å². The van der Waals surface area contributed by atoms with Crippen LogP contribution in [-0.2, 0) is 6.42 Å². The molecule has 0 fully saturated rings. The second-order valence-electron chi connectivity index (χ2n) is 5.53. The Kier molecular flexibility index (Phi) is 4.67. The van der Waals surface area contributed by atoms with Gasteiger partial charge in [-0.2, -0.15) is 0 Å². The smallest absolute Gasteiger partial charge is 0.317 e. The number of hydrogen-bond acceptors (Lipinski definition) is 3. The molecule has 2 heterocycles. The van der Waals surface area contributed by atoms with E-state index in [4.69, 9.17) is 4.42 Å². The SMILES string of the molecule is C[C@H](c1cc2ccccc2o1)N(C)C(=O)NCCc1cccs1. The van der Waals surface area contributed by atoms with Crippen molar-refractivity contribution in [1.29, 1.82) is 0 Å². The Morgan fingerprint density at radius 2 is 2.13 bits per heavy atom. The number of urea groups is 1. The van der Waals surface area contributed by atoms with E-state index < -0.39 is 0 Å². The van der Waals surface area contributed by atoms with Crippen molar-refractivity contribution >= 4 is 28.3 Å². The van der Waals surface area contributed by atoms with Gasteiger partial charge in [0.15, 0.2) is 0 Å². The number of benzene rings is 1. The van der Waals surface area contributed by atoms with E-state index in [1.54, 1.807) is 23.3 Å². The third kappa shape index (κ3) is 3.56. The van der Waals surface area contributed by atoms with Crippen molar-refractivity contribution < 1.29 is 9.21 Å². The molecule has 1 N–H and O–H groups in total. The molecule has 23 heavy (non-hydrogen) atoms. The fourth-order valence-electron chi connectivity index (χ4n) is 2.45. The number of fused-ring (bicyclic) bond motifs is 1. The van der Waals surface area contributed by atoms with Gasteiger partial charge < -0.3 is 14.6 Å². The van der Waals surface area contributed by atoms with E-state index in [-0.39, 0.29) is 12.1 Å². The third-order valence-corrected chi connectivity index (χ3v) is 4.92. The summed E-state index contributed by atoms with van der Waals surface area (Å²) in [4.78, 5) is 15.2. The van der Waals surface area contributed by atoms with Gasteiger partial charge in [0.25, 0.3) is 0 Å². The normalized spacial score (nSPS) is 12.3. The molecule has 0 aliphatic carbocycles. The molecule has 4 nitrogen and oxygen atoms in total. The Morgan fingerprint density at radius 1 is 1.30 bits per heavy atom. The maximum atomic E-state index is 12.3. The average Bonchev–Trinajstić information content (AvgIpc) is 3.22. The molecule has 1 atom stereocenters. The summed E-state index contributed by atoms with van der Waals surface area (Å²) >= 11 is 1.71. The van der Waals surface area contributed by atoms with Gasteiger partial charge in [0.05, 0.1) is 6.04 Å². The van der Waals surface area contributed by atoms with E-state index in [1.165, 1.54) is 4.88 Å². The van der Waals surface area contributed by atoms with Crippen molar-refractivity contribution in [3.63, 3.8) is 0 Å². The first-order valence-corrected chi connectivity index (χ1v) is 8.54. The number of rotatable bonds is 5. The Hall–Kier alpha value is -2.27. The summed E-state index contributed by atoms with van der Waals surface area (Å²) in [5.41, 5.74) is 0.848. The number of carbonyl (C=O) groups excluding carboxylic acids is 1. The fourth-order valence-corrected chi connectivity index (χ4v) is 3.16. The lowest BCUT2D eigenvalue weighted by molar-refractivity contribution is 0.188. The molecule has 2 amide bonds. The van der Waals surface area contributed by atoms with Crippen LogP contribution in [-0.4, -0.2) is 24.5 Å². The molecule has 0 saturated heterocycles. The first-order valence-electron chi connectivity index (χ1n) is 7.66. The zero-order valence-corrected chi connectivity index (χ0v) is 14.1. The van der Waals surface area contributed by atoms with Gasteiger partial charge in [0, 0.05) is 23.9 Å². The highest BCUT2D eigenvalue weighted by Gasteiger charge is 2.20. The molecule has 0 spiro atoms. The Labute approximate surface area is 139 Å². The Morgan fingerprint density at radius 3 is 2.87 bits per heavy atom. The standard InChI is InChI=1S/C18H20N2O2S/c1-13(17-12-14-6-3-4-8-16(14)22-17)20(2)18(21)19-10-9-15-7-5-11-23-15/h3-8,11-13H,9-10H2,1-2H3,(H,19,21)/t13-/m1/s1. The van der Waals surface area contributed by atoms with Crippen LogP contribution in [0.5, 0.6) is 0 Å². The van der Waals surface area contributed by atoms with E-state index >= 15 is 0 Å². The largest absolute Gasteiger partial charge is 0.459 e. The minimum absolute atomic E-state index is 0.0884. The van der Waals surface area contributed by atoms with Gasteiger partial charge >= 0.3 is 6.03 Å². The van der Waals surface area contributed by atoms with Crippen LogP contribution in [0.25, 0.3) is 11.0 Å². The molecule has 3 rings (SSSR count). The van der Waals surface area contributed by atoms with Crippen LogP contribution >= 0.6 is 11.3 Å². The van der Waals surface area contributed by atoms with Crippen molar-refractivity contribution in [3.05, 3.63) is 58.5 Å². The molecular weight excluding hydrogens is 308 g/mol. The second-order valence-corrected chi connectivity index (χ2v) is 6.57. The monoisotopic (exact) mass is 328 g/mol. The minimum atomic E-state index is -0.121. The average molecular weight is 328 g/mol. The topological polar surface area (TPSA) is 45.5 Å².